The summed E-state index contributed by atoms with van der Waals surface area (Å²) in [4.78, 5) is 0.117. The molecule has 5 nitrogen and oxygen atoms in total. The highest BCUT2D eigenvalue weighted by molar-refractivity contribution is 7.89. The van der Waals surface area contributed by atoms with Gasteiger partial charge in [0.05, 0.1) is 7.11 Å². The van der Waals surface area contributed by atoms with E-state index in [9.17, 15) is 12.8 Å². The third-order valence-corrected chi connectivity index (χ3v) is 6.54. The summed E-state index contributed by atoms with van der Waals surface area (Å²) in [7, 11) is -2.32. The summed E-state index contributed by atoms with van der Waals surface area (Å²) >= 11 is 0. The summed E-state index contributed by atoms with van der Waals surface area (Å²) in [6, 6.07) is 11.3. The number of nitrogens with one attached hydrogen (secondary N) is 1. The van der Waals surface area contributed by atoms with Crippen LogP contribution in [0.15, 0.2) is 47.4 Å². The van der Waals surface area contributed by atoms with Crippen LogP contribution < -0.4 is 9.46 Å². The maximum absolute atomic E-state index is 13.3. The second-order valence-corrected chi connectivity index (χ2v) is 8.61. The van der Waals surface area contributed by atoms with Gasteiger partial charge in [-0.15, -0.1) is 0 Å². The van der Waals surface area contributed by atoms with E-state index < -0.39 is 15.4 Å². The first-order valence-corrected chi connectivity index (χ1v) is 10.3. The average Bonchev–Trinajstić information content (AvgIpc) is 2.68. The fourth-order valence-electron chi connectivity index (χ4n) is 3.44. The van der Waals surface area contributed by atoms with Crippen molar-refractivity contribution in [2.45, 2.75) is 30.1 Å². The lowest BCUT2D eigenvalue weighted by atomic mass is 9.74. The Morgan fingerprint density at radius 1 is 1.15 bits per heavy atom. The van der Waals surface area contributed by atoms with E-state index in [1.165, 1.54) is 19.2 Å². The van der Waals surface area contributed by atoms with E-state index in [-0.39, 0.29) is 17.3 Å². The lowest BCUT2D eigenvalue weighted by Crippen LogP contribution is -2.44. The molecule has 0 aliphatic carbocycles. The summed E-state index contributed by atoms with van der Waals surface area (Å²) in [5.41, 5.74) is 1.30. The molecule has 0 atom stereocenters. The average molecular weight is 393 g/mol. The number of hydrogen-bond donors (Lipinski definition) is 1. The molecular formula is C20H24FNO4S. The molecule has 0 spiro atoms. The minimum absolute atomic E-state index is 0.117. The van der Waals surface area contributed by atoms with E-state index in [1.807, 2.05) is 6.92 Å². The zero-order valence-corrected chi connectivity index (χ0v) is 16.3. The molecule has 0 saturated carbocycles. The molecule has 1 fully saturated rings. The molecule has 1 aliphatic rings. The van der Waals surface area contributed by atoms with Crippen LogP contribution in [0.3, 0.4) is 0 Å². The molecule has 1 heterocycles. The Hall–Kier alpha value is -1.96. The largest absolute Gasteiger partial charge is 0.495 e. The molecule has 27 heavy (non-hydrogen) atoms. The normalized spacial score (nSPS) is 16.9. The van der Waals surface area contributed by atoms with Gasteiger partial charge in [0.2, 0.25) is 10.0 Å². The van der Waals surface area contributed by atoms with Crippen LogP contribution in [0.25, 0.3) is 0 Å². The summed E-state index contributed by atoms with van der Waals surface area (Å²) in [5, 5.41) is 0. The van der Waals surface area contributed by atoms with Crippen LogP contribution in [0, 0.1) is 12.7 Å². The Morgan fingerprint density at radius 2 is 1.81 bits per heavy atom. The fraction of sp³-hybridized carbons (Fsp3) is 0.400. The number of methoxy groups -OCH3 is 1. The monoisotopic (exact) mass is 393 g/mol. The molecule has 0 radical (unpaired) electrons. The van der Waals surface area contributed by atoms with Gasteiger partial charge in [-0.2, -0.15) is 0 Å². The fourth-order valence-corrected chi connectivity index (χ4v) is 4.82. The molecular weight excluding hydrogens is 369 g/mol. The van der Waals surface area contributed by atoms with Crippen molar-refractivity contribution >= 4 is 10.0 Å². The maximum atomic E-state index is 13.3. The molecule has 0 amide bonds. The van der Waals surface area contributed by atoms with Crippen LogP contribution in [-0.2, 0) is 20.2 Å². The standard InChI is InChI=1S/C20H24FNO4S/c1-15-3-8-18(25-2)19(13-15)27(23,24)22-14-20(9-11-26-12-10-20)16-4-6-17(21)7-5-16/h3-8,13,22H,9-12,14H2,1-2H3. The predicted octanol–water partition coefficient (Wildman–Crippen LogP) is 3.17. The number of ether oxygens (including phenoxy) is 2. The van der Waals surface area contributed by atoms with E-state index >= 15 is 0 Å². The number of sulfonamides is 1. The molecule has 0 unspecified atom stereocenters. The summed E-state index contributed by atoms with van der Waals surface area (Å²) in [6.45, 7) is 3.11. The van der Waals surface area contributed by atoms with Crippen LogP contribution in [0.4, 0.5) is 4.39 Å². The van der Waals surface area contributed by atoms with Crippen molar-refractivity contribution in [2.24, 2.45) is 0 Å². The van der Waals surface area contributed by atoms with Gasteiger partial charge in [-0.3, -0.25) is 0 Å². The third-order valence-electron chi connectivity index (χ3n) is 5.12. The van der Waals surface area contributed by atoms with Crippen molar-refractivity contribution < 1.29 is 22.3 Å². The number of aryl methyl sites for hydroxylation is 1. The Balaban J connectivity index is 1.89. The van der Waals surface area contributed by atoms with Gasteiger partial charge in [0.1, 0.15) is 16.5 Å². The van der Waals surface area contributed by atoms with E-state index in [0.717, 1.165) is 11.1 Å². The molecule has 146 valence electrons. The lowest BCUT2D eigenvalue weighted by molar-refractivity contribution is 0.0517. The zero-order valence-electron chi connectivity index (χ0n) is 15.5. The number of halogens is 1. The van der Waals surface area contributed by atoms with Crippen LogP contribution >= 0.6 is 0 Å². The van der Waals surface area contributed by atoms with Crippen LogP contribution in [0.5, 0.6) is 5.75 Å². The summed E-state index contributed by atoms with van der Waals surface area (Å²) in [6.07, 6.45) is 1.32. The first-order valence-electron chi connectivity index (χ1n) is 8.84. The Labute approximate surface area is 159 Å². The van der Waals surface area contributed by atoms with Gasteiger partial charge in [-0.1, -0.05) is 18.2 Å². The van der Waals surface area contributed by atoms with Crippen molar-refractivity contribution in [1.82, 2.24) is 4.72 Å². The Kier molecular flexibility index (Phi) is 5.83. The topological polar surface area (TPSA) is 64.6 Å². The third kappa shape index (κ3) is 4.31. The smallest absolute Gasteiger partial charge is 0.244 e. The first-order chi connectivity index (χ1) is 12.9. The summed E-state index contributed by atoms with van der Waals surface area (Å²) in [5.74, 6) is -0.0121. The molecule has 1 aliphatic heterocycles. The lowest BCUT2D eigenvalue weighted by Gasteiger charge is -2.38. The van der Waals surface area contributed by atoms with Crippen molar-refractivity contribution in [3.05, 3.63) is 59.4 Å². The number of benzene rings is 2. The molecule has 1 saturated heterocycles. The van der Waals surface area contributed by atoms with Gasteiger partial charge in [0, 0.05) is 25.2 Å². The van der Waals surface area contributed by atoms with Gasteiger partial charge in [-0.05, 0) is 55.2 Å². The second kappa shape index (κ2) is 7.96. The summed E-state index contributed by atoms with van der Waals surface area (Å²) < 4.78 is 52.7. The molecule has 0 bridgehead atoms. The van der Waals surface area contributed by atoms with Crippen LogP contribution in [0.1, 0.15) is 24.0 Å². The highest BCUT2D eigenvalue weighted by Crippen LogP contribution is 2.35. The Bertz CT molecular complexity index is 891. The highest BCUT2D eigenvalue weighted by Gasteiger charge is 2.36. The molecule has 0 aromatic heterocycles. The van der Waals surface area contributed by atoms with Crippen molar-refractivity contribution in [3.63, 3.8) is 0 Å². The molecule has 2 aromatic carbocycles. The SMILES string of the molecule is COc1ccc(C)cc1S(=O)(=O)NCC1(c2ccc(F)cc2)CCOCC1. The van der Waals surface area contributed by atoms with Crippen molar-refractivity contribution in [2.75, 3.05) is 26.9 Å². The number of rotatable bonds is 6. The second-order valence-electron chi connectivity index (χ2n) is 6.88. The van der Waals surface area contributed by atoms with E-state index in [2.05, 4.69) is 4.72 Å². The number of hydrogen-bond acceptors (Lipinski definition) is 4. The van der Waals surface area contributed by atoms with Crippen LogP contribution in [0.2, 0.25) is 0 Å². The van der Waals surface area contributed by atoms with Gasteiger partial charge in [-0.25, -0.2) is 17.5 Å². The van der Waals surface area contributed by atoms with Crippen LogP contribution in [-0.4, -0.2) is 35.3 Å². The Morgan fingerprint density at radius 3 is 2.44 bits per heavy atom. The van der Waals surface area contributed by atoms with Crippen molar-refractivity contribution in [1.29, 1.82) is 0 Å². The quantitative estimate of drug-likeness (QED) is 0.819. The van der Waals surface area contributed by atoms with Gasteiger partial charge in [0.15, 0.2) is 0 Å². The van der Waals surface area contributed by atoms with Crippen molar-refractivity contribution in [3.8, 4) is 5.75 Å². The predicted molar refractivity (Wildman–Crippen MR) is 101 cm³/mol. The minimum atomic E-state index is -3.77. The zero-order chi connectivity index (χ0) is 19.5. The molecule has 3 rings (SSSR count). The minimum Gasteiger partial charge on any atom is -0.495 e. The molecule has 1 N–H and O–H groups in total. The van der Waals surface area contributed by atoms with E-state index in [0.29, 0.717) is 31.8 Å². The van der Waals surface area contributed by atoms with Gasteiger partial charge >= 0.3 is 0 Å². The van der Waals surface area contributed by atoms with Gasteiger partial charge < -0.3 is 9.47 Å². The highest BCUT2D eigenvalue weighted by atomic mass is 32.2. The maximum Gasteiger partial charge on any atom is 0.244 e. The molecule has 2 aromatic rings. The van der Waals surface area contributed by atoms with E-state index in [4.69, 9.17) is 9.47 Å². The molecule has 7 heteroatoms. The van der Waals surface area contributed by atoms with Gasteiger partial charge in [0.25, 0.3) is 0 Å². The van der Waals surface area contributed by atoms with E-state index in [1.54, 1.807) is 30.3 Å². The first kappa shape index (κ1) is 19.8.